The second-order valence-corrected chi connectivity index (χ2v) is 9.34. The summed E-state index contributed by atoms with van der Waals surface area (Å²) in [5.74, 6) is 0.960. The van der Waals surface area contributed by atoms with E-state index in [0.717, 1.165) is 30.9 Å². The summed E-state index contributed by atoms with van der Waals surface area (Å²) in [5, 5.41) is 7.57. The van der Waals surface area contributed by atoms with Crippen LogP contribution in [-0.4, -0.2) is 38.7 Å². The first-order valence-electron chi connectivity index (χ1n) is 10.7. The van der Waals surface area contributed by atoms with Gasteiger partial charge in [-0.2, -0.15) is 5.10 Å². The van der Waals surface area contributed by atoms with Crippen LogP contribution < -0.4 is 10.2 Å². The topological polar surface area (TPSA) is 75.9 Å². The maximum Gasteiger partial charge on any atom is 0.256 e. The van der Waals surface area contributed by atoms with Crippen molar-refractivity contribution in [1.82, 2.24) is 19.7 Å². The molecular weight excluding hydrogens is 388 g/mol. The van der Waals surface area contributed by atoms with Gasteiger partial charge in [0.2, 0.25) is 0 Å². The van der Waals surface area contributed by atoms with Crippen molar-refractivity contribution in [2.45, 2.75) is 45.4 Å². The van der Waals surface area contributed by atoms with Crippen LogP contribution in [-0.2, 0) is 12.5 Å². The van der Waals surface area contributed by atoms with Gasteiger partial charge in [0.05, 0.1) is 23.8 Å². The summed E-state index contributed by atoms with van der Waals surface area (Å²) in [4.78, 5) is 23.6. The van der Waals surface area contributed by atoms with Crippen LogP contribution in [0.2, 0.25) is 0 Å². The number of carbonyl (C=O) groups is 1. The highest BCUT2D eigenvalue weighted by atomic mass is 16.1. The molecule has 7 nitrogen and oxygen atoms in total. The molecule has 0 bridgehead atoms. The molecule has 3 heterocycles. The number of carbonyl (C=O) groups excluding carboxylic acids is 1. The normalized spacial score (nSPS) is 16.5. The zero-order valence-corrected chi connectivity index (χ0v) is 18.9. The predicted molar refractivity (Wildman–Crippen MR) is 123 cm³/mol. The first-order chi connectivity index (χ1) is 14.7. The van der Waals surface area contributed by atoms with Gasteiger partial charge in [-0.05, 0) is 36.6 Å². The second-order valence-electron chi connectivity index (χ2n) is 9.34. The molecule has 0 radical (unpaired) electrons. The Kier molecular flexibility index (Phi) is 5.52. The number of amides is 1. The van der Waals surface area contributed by atoms with Gasteiger partial charge in [0.1, 0.15) is 12.1 Å². The molecule has 1 saturated heterocycles. The van der Waals surface area contributed by atoms with Crippen molar-refractivity contribution in [3.63, 3.8) is 0 Å². The molecule has 0 aliphatic carbocycles. The van der Waals surface area contributed by atoms with Crippen molar-refractivity contribution in [1.29, 1.82) is 0 Å². The fraction of sp³-hybridized carbons (Fsp3) is 0.417. The van der Waals surface area contributed by atoms with Crippen molar-refractivity contribution < 1.29 is 4.79 Å². The molecular formula is C24H30N6O. The minimum atomic E-state index is -0.115. The van der Waals surface area contributed by atoms with E-state index in [1.54, 1.807) is 11.0 Å². The smallest absolute Gasteiger partial charge is 0.256 e. The molecule has 1 atom stereocenters. The Labute approximate surface area is 183 Å². The summed E-state index contributed by atoms with van der Waals surface area (Å²) >= 11 is 0. The van der Waals surface area contributed by atoms with E-state index in [-0.39, 0.29) is 11.3 Å². The summed E-state index contributed by atoms with van der Waals surface area (Å²) < 4.78 is 1.73. The Morgan fingerprint density at radius 1 is 1.16 bits per heavy atom. The monoisotopic (exact) mass is 418 g/mol. The van der Waals surface area contributed by atoms with Crippen LogP contribution in [0.4, 0.5) is 11.5 Å². The fourth-order valence-electron chi connectivity index (χ4n) is 4.06. The molecule has 1 amide bonds. The Morgan fingerprint density at radius 3 is 2.58 bits per heavy atom. The Morgan fingerprint density at radius 2 is 1.90 bits per heavy atom. The van der Waals surface area contributed by atoms with Gasteiger partial charge in [0.15, 0.2) is 0 Å². The van der Waals surface area contributed by atoms with Gasteiger partial charge < -0.3 is 10.2 Å². The summed E-state index contributed by atoms with van der Waals surface area (Å²) in [6.07, 6.45) is 6.30. The lowest BCUT2D eigenvalue weighted by Gasteiger charge is -2.19. The van der Waals surface area contributed by atoms with E-state index in [9.17, 15) is 4.79 Å². The van der Waals surface area contributed by atoms with Crippen molar-refractivity contribution in [2.75, 3.05) is 23.3 Å². The standard InChI is InChI=1S/C24H30N6O/c1-16-6-7-17(23(31)27-22-11-21(24(2,3)4)28-29(22)5)10-20(16)18-8-9-30(14-18)19-12-25-15-26-13-19/h6-7,10-13,15,18H,8-9,14H2,1-5H3,(H,27,31)/t18-/m1/s1. The highest BCUT2D eigenvalue weighted by Crippen LogP contribution is 2.32. The van der Waals surface area contributed by atoms with E-state index in [1.807, 2.05) is 43.7 Å². The predicted octanol–water partition coefficient (Wildman–Crippen LogP) is 4.06. The van der Waals surface area contributed by atoms with Crippen LogP contribution in [0.1, 0.15) is 60.3 Å². The largest absolute Gasteiger partial charge is 0.368 e. The zero-order valence-electron chi connectivity index (χ0n) is 18.9. The van der Waals surface area contributed by atoms with Crippen molar-refractivity contribution >= 4 is 17.4 Å². The number of anilines is 2. The number of nitrogens with one attached hydrogen (secondary N) is 1. The third-order valence-corrected chi connectivity index (χ3v) is 5.97. The van der Waals surface area contributed by atoms with Gasteiger partial charge in [0.25, 0.3) is 5.91 Å². The summed E-state index contributed by atoms with van der Waals surface area (Å²) in [7, 11) is 1.85. The van der Waals surface area contributed by atoms with Crippen molar-refractivity contribution in [3.05, 3.63) is 65.4 Å². The molecule has 1 aromatic carbocycles. The first kappa shape index (κ1) is 21.0. The van der Waals surface area contributed by atoms with Crippen molar-refractivity contribution in [3.8, 4) is 0 Å². The van der Waals surface area contributed by atoms with Crippen LogP contribution in [0.15, 0.2) is 43.0 Å². The third kappa shape index (κ3) is 4.45. The number of aromatic nitrogens is 4. The number of nitrogens with zero attached hydrogens (tertiary/aromatic N) is 5. The molecule has 0 saturated carbocycles. The molecule has 31 heavy (non-hydrogen) atoms. The second kappa shape index (κ2) is 8.13. The highest BCUT2D eigenvalue weighted by molar-refractivity contribution is 6.04. The summed E-state index contributed by atoms with van der Waals surface area (Å²) in [5.41, 5.74) is 5.03. The minimum absolute atomic E-state index is 0.0735. The minimum Gasteiger partial charge on any atom is -0.368 e. The average molecular weight is 419 g/mol. The number of aryl methyl sites for hydroxylation is 2. The maximum atomic E-state index is 13.0. The van der Waals surface area contributed by atoms with Gasteiger partial charge in [-0.1, -0.05) is 26.8 Å². The number of hydrogen-bond donors (Lipinski definition) is 1. The SMILES string of the molecule is Cc1ccc(C(=O)Nc2cc(C(C)(C)C)nn2C)cc1[C@@H]1CCN(c2cncnc2)C1. The van der Waals surface area contributed by atoms with Crippen LogP contribution in [0, 0.1) is 6.92 Å². The quantitative estimate of drug-likeness (QED) is 0.691. The van der Waals surface area contributed by atoms with Gasteiger partial charge in [-0.3, -0.25) is 9.48 Å². The van der Waals surface area contributed by atoms with Crippen LogP contribution in [0.25, 0.3) is 0 Å². The molecule has 1 N–H and O–H groups in total. The molecule has 3 aromatic rings. The summed E-state index contributed by atoms with van der Waals surface area (Å²) in [6, 6.07) is 7.93. The van der Waals surface area contributed by atoms with E-state index in [1.165, 1.54) is 11.1 Å². The van der Waals surface area contributed by atoms with Gasteiger partial charge in [0, 0.05) is 43.1 Å². The third-order valence-electron chi connectivity index (χ3n) is 5.97. The van der Waals surface area contributed by atoms with Crippen LogP contribution >= 0.6 is 0 Å². The van der Waals surface area contributed by atoms with E-state index in [2.05, 4.69) is 53.0 Å². The van der Waals surface area contributed by atoms with Crippen molar-refractivity contribution in [2.24, 2.45) is 7.05 Å². The molecule has 162 valence electrons. The molecule has 1 aliphatic heterocycles. The molecule has 1 aliphatic rings. The Bertz CT molecular complexity index is 1080. The van der Waals surface area contributed by atoms with Gasteiger partial charge in [-0.25, -0.2) is 9.97 Å². The number of benzene rings is 1. The molecule has 1 fully saturated rings. The molecule has 7 heteroatoms. The number of hydrogen-bond acceptors (Lipinski definition) is 5. The lowest BCUT2D eigenvalue weighted by molar-refractivity contribution is 0.102. The van der Waals surface area contributed by atoms with E-state index in [0.29, 0.717) is 17.3 Å². The number of rotatable bonds is 4. The van der Waals surface area contributed by atoms with Gasteiger partial charge in [-0.15, -0.1) is 0 Å². The zero-order chi connectivity index (χ0) is 22.2. The van der Waals surface area contributed by atoms with E-state index < -0.39 is 0 Å². The first-order valence-corrected chi connectivity index (χ1v) is 10.7. The average Bonchev–Trinajstić information content (AvgIpc) is 3.36. The van der Waals surface area contributed by atoms with E-state index >= 15 is 0 Å². The highest BCUT2D eigenvalue weighted by Gasteiger charge is 2.26. The summed E-state index contributed by atoms with van der Waals surface area (Å²) in [6.45, 7) is 10.3. The lowest BCUT2D eigenvalue weighted by Crippen LogP contribution is -2.20. The van der Waals surface area contributed by atoms with Crippen LogP contribution in [0.5, 0.6) is 0 Å². The fourth-order valence-corrected chi connectivity index (χ4v) is 4.06. The molecule has 0 unspecified atom stereocenters. The lowest BCUT2D eigenvalue weighted by atomic mass is 9.92. The van der Waals surface area contributed by atoms with E-state index in [4.69, 9.17) is 0 Å². The molecule has 2 aromatic heterocycles. The Balaban J connectivity index is 1.52. The maximum absolute atomic E-state index is 13.0. The Hall–Kier alpha value is -3.22. The molecule has 4 rings (SSSR count). The van der Waals surface area contributed by atoms with Gasteiger partial charge >= 0.3 is 0 Å². The molecule has 0 spiro atoms. The van der Waals surface area contributed by atoms with Crippen LogP contribution in [0.3, 0.4) is 0 Å².